The van der Waals surface area contributed by atoms with Crippen molar-refractivity contribution in [2.75, 3.05) is 13.7 Å². The van der Waals surface area contributed by atoms with Crippen molar-refractivity contribution in [1.29, 1.82) is 0 Å². The van der Waals surface area contributed by atoms with E-state index in [4.69, 9.17) is 38.5 Å². The fourth-order valence-electron chi connectivity index (χ4n) is 1.13. The molecule has 1 atom stereocenters. The molecular weight excluding hydrogens is 267 g/mol. The number of ether oxygens (including phenoxy) is 2. The number of hydrazine groups is 1. The van der Waals surface area contributed by atoms with Crippen LogP contribution in [0.25, 0.3) is 0 Å². The van der Waals surface area contributed by atoms with Gasteiger partial charge in [-0.1, -0.05) is 23.2 Å². The molecule has 1 unspecified atom stereocenters. The molecule has 0 aliphatic carbocycles. The van der Waals surface area contributed by atoms with Gasteiger partial charge in [0.2, 0.25) is 6.10 Å². The van der Waals surface area contributed by atoms with Gasteiger partial charge in [0.15, 0.2) is 0 Å². The van der Waals surface area contributed by atoms with Crippen LogP contribution in [0.15, 0.2) is 18.2 Å². The van der Waals surface area contributed by atoms with Crippen molar-refractivity contribution < 1.29 is 14.3 Å². The highest BCUT2D eigenvalue weighted by molar-refractivity contribution is 6.34. The van der Waals surface area contributed by atoms with E-state index in [2.05, 4.69) is 0 Å². The van der Waals surface area contributed by atoms with Crippen LogP contribution in [0.5, 0.6) is 5.75 Å². The topological polar surface area (TPSA) is 73.6 Å². The Morgan fingerprint density at radius 1 is 1.53 bits per heavy atom. The van der Waals surface area contributed by atoms with Crippen LogP contribution < -0.4 is 16.0 Å². The Kier molecular flexibility index (Phi) is 5.50. The molecule has 1 amide bonds. The van der Waals surface area contributed by atoms with Crippen LogP contribution in [0.2, 0.25) is 10.0 Å². The minimum Gasteiger partial charge on any atom is -0.476 e. The molecule has 0 aliphatic rings. The molecule has 0 aliphatic heterocycles. The maximum absolute atomic E-state index is 11.4. The van der Waals surface area contributed by atoms with Gasteiger partial charge in [-0.25, -0.2) is 5.84 Å². The Hall–Kier alpha value is -1.01. The quantitative estimate of drug-likeness (QED) is 0.485. The summed E-state index contributed by atoms with van der Waals surface area (Å²) in [6, 6.07) is 4.70. The highest BCUT2D eigenvalue weighted by Crippen LogP contribution is 2.28. The first kappa shape index (κ1) is 14.1. The normalized spacial score (nSPS) is 12.0. The second-order valence-electron chi connectivity index (χ2n) is 3.15. The van der Waals surface area contributed by atoms with Crippen molar-refractivity contribution in [3.63, 3.8) is 0 Å². The summed E-state index contributed by atoms with van der Waals surface area (Å²) in [5.74, 6) is 4.82. The molecule has 0 bridgehead atoms. The van der Waals surface area contributed by atoms with E-state index < -0.39 is 12.0 Å². The highest BCUT2D eigenvalue weighted by atomic mass is 35.5. The summed E-state index contributed by atoms with van der Waals surface area (Å²) in [6.07, 6.45) is -0.888. The Labute approximate surface area is 109 Å². The van der Waals surface area contributed by atoms with Gasteiger partial charge in [-0.05, 0) is 12.1 Å². The molecular formula is C10H12Cl2N2O3. The molecule has 0 fully saturated rings. The molecule has 1 aromatic carbocycles. The van der Waals surface area contributed by atoms with Crippen molar-refractivity contribution >= 4 is 29.1 Å². The maximum atomic E-state index is 11.4. The van der Waals surface area contributed by atoms with Crippen molar-refractivity contribution in [2.24, 2.45) is 5.84 Å². The fraction of sp³-hybridized carbons (Fsp3) is 0.300. The van der Waals surface area contributed by atoms with E-state index in [-0.39, 0.29) is 6.61 Å². The van der Waals surface area contributed by atoms with Crippen LogP contribution in [0, 0.1) is 0 Å². The van der Waals surface area contributed by atoms with Gasteiger partial charge in [-0.15, -0.1) is 0 Å². The van der Waals surface area contributed by atoms with Crippen molar-refractivity contribution in [1.82, 2.24) is 5.43 Å². The molecule has 7 heteroatoms. The van der Waals surface area contributed by atoms with Crippen LogP contribution >= 0.6 is 23.2 Å². The van der Waals surface area contributed by atoms with Gasteiger partial charge in [0.25, 0.3) is 5.91 Å². The van der Waals surface area contributed by atoms with Gasteiger partial charge in [-0.3, -0.25) is 10.2 Å². The van der Waals surface area contributed by atoms with Crippen LogP contribution in [-0.4, -0.2) is 25.7 Å². The van der Waals surface area contributed by atoms with Gasteiger partial charge in [0, 0.05) is 18.2 Å². The number of hydrogen-bond acceptors (Lipinski definition) is 4. The number of hydrogen-bond donors (Lipinski definition) is 2. The van der Waals surface area contributed by atoms with Crippen LogP contribution in [0.1, 0.15) is 0 Å². The molecule has 0 aromatic heterocycles. The molecule has 94 valence electrons. The molecule has 1 aromatic rings. The lowest BCUT2D eigenvalue weighted by Crippen LogP contribution is -2.44. The van der Waals surface area contributed by atoms with E-state index in [1.165, 1.54) is 13.2 Å². The number of carbonyl (C=O) groups is 1. The van der Waals surface area contributed by atoms with Crippen LogP contribution in [0.4, 0.5) is 0 Å². The predicted molar refractivity (Wildman–Crippen MR) is 65.1 cm³/mol. The summed E-state index contributed by atoms with van der Waals surface area (Å²) in [7, 11) is 1.44. The standard InChI is InChI=1S/C10H12Cl2N2O3/c1-16-5-9(10(15)14-13)17-8-4-6(11)2-3-7(8)12/h2-4,9H,5,13H2,1H3,(H,14,15). The minimum absolute atomic E-state index is 0.0475. The minimum atomic E-state index is -0.888. The number of amides is 1. The SMILES string of the molecule is COCC(Oc1cc(Cl)ccc1Cl)C(=O)NN. The molecule has 0 heterocycles. The Morgan fingerprint density at radius 3 is 2.82 bits per heavy atom. The number of halogens is 2. The second kappa shape index (κ2) is 6.66. The number of rotatable bonds is 5. The van der Waals surface area contributed by atoms with E-state index in [1.54, 1.807) is 12.1 Å². The zero-order valence-corrected chi connectivity index (χ0v) is 10.6. The Balaban J connectivity index is 2.85. The smallest absolute Gasteiger partial charge is 0.277 e. The zero-order valence-electron chi connectivity index (χ0n) is 9.07. The highest BCUT2D eigenvalue weighted by Gasteiger charge is 2.20. The summed E-state index contributed by atoms with van der Waals surface area (Å²) in [5.41, 5.74) is 1.98. The van der Waals surface area contributed by atoms with Crippen LogP contribution in [-0.2, 0) is 9.53 Å². The molecule has 0 saturated carbocycles. The first-order chi connectivity index (χ1) is 8.08. The summed E-state index contributed by atoms with van der Waals surface area (Å²) < 4.78 is 10.2. The predicted octanol–water partition coefficient (Wildman–Crippen LogP) is 1.38. The summed E-state index contributed by atoms with van der Waals surface area (Å²) >= 11 is 11.7. The van der Waals surface area contributed by atoms with E-state index in [0.29, 0.717) is 15.8 Å². The van der Waals surface area contributed by atoms with Gasteiger partial charge >= 0.3 is 0 Å². The summed E-state index contributed by atoms with van der Waals surface area (Å²) in [4.78, 5) is 11.4. The van der Waals surface area contributed by atoms with E-state index in [1.807, 2.05) is 5.43 Å². The van der Waals surface area contributed by atoms with Crippen LogP contribution in [0.3, 0.4) is 0 Å². The van der Waals surface area contributed by atoms with Gasteiger partial charge in [0.1, 0.15) is 5.75 Å². The summed E-state index contributed by atoms with van der Waals surface area (Å²) in [5, 5.41) is 0.800. The third kappa shape index (κ3) is 4.05. The van der Waals surface area contributed by atoms with Gasteiger partial charge in [0.05, 0.1) is 11.6 Å². The third-order valence-electron chi connectivity index (χ3n) is 1.92. The number of nitrogens with two attached hydrogens (primary N) is 1. The average molecular weight is 279 g/mol. The molecule has 5 nitrogen and oxygen atoms in total. The molecule has 0 radical (unpaired) electrons. The van der Waals surface area contributed by atoms with Gasteiger partial charge in [-0.2, -0.15) is 0 Å². The molecule has 17 heavy (non-hydrogen) atoms. The lowest BCUT2D eigenvalue weighted by molar-refractivity contribution is -0.130. The van der Waals surface area contributed by atoms with Crippen molar-refractivity contribution in [2.45, 2.75) is 6.10 Å². The fourth-order valence-corrected chi connectivity index (χ4v) is 1.45. The zero-order chi connectivity index (χ0) is 12.8. The first-order valence-corrected chi connectivity index (χ1v) is 5.45. The Bertz CT molecular complexity index is 401. The number of nitrogens with one attached hydrogen (secondary N) is 1. The number of carbonyl (C=O) groups excluding carboxylic acids is 1. The number of benzene rings is 1. The monoisotopic (exact) mass is 278 g/mol. The summed E-state index contributed by atoms with van der Waals surface area (Å²) in [6.45, 7) is 0.0475. The number of methoxy groups -OCH3 is 1. The molecule has 0 saturated heterocycles. The van der Waals surface area contributed by atoms with E-state index in [0.717, 1.165) is 0 Å². The molecule has 3 N–H and O–H groups in total. The van der Waals surface area contributed by atoms with Crippen molar-refractivity contribution in [3.05, 3.63) is 28.2 Å². The average Bonchev–Trinajstić information content (AvgIpc) is 2.32. The maximum Gasteiger partial charge on any atom is 0.277 e. The lowest BCUT2D eigenvalue weighted by atomic mass is 10.3. The second-order valence-corrected chi connectivity index (χ2v) is 3.99. The van der Waals surface area contributed by atoms with Gasteiger partial charge < -0.3 is 9.47 Å². The third-order valence-corrected chi connectivity index (χ3v) is 2.46. The molecule has 1 rings (SSSR count). The largest absolute Gasteiger partial charge is 0.476 e. The van der Waals surface area contributed by atoms with E-state index in [9.17, 15) is 4.79 Å². The molecule has 0 spiro atoms. The first-order valence-electron chi connectivity index (χ1n) is 4.69. The Morgan fingerprint density at radius 2 is 2.24 bits per heavy atom. The van der Waals surface area contributed by atoms with E-state index >= 15 is 0 Å². The van der Waals surface area contributed by atoms with Crippen molar-refractivity contribution in [3.8, 4) is 5.75 Å². The lowest BCUT2D eigenvalue weighted by Gasteiger charge is -2.17.